The molecule has 2 N–H and O–H groups in total. The zero-order chi connectivity index (χ0) is 12.3. The predicted octanol–water partition coefficient (Wildman–Crippen LogP) is 5.09. The lowest BCUT2D eigenvalue weighted by atomic mass is 10.2. The quantitative estimate of drug-likeness (QED) is 0.600. The number of nitrogen functional groups attached to an aromatic ring is 1. The lowest BCUT2D eigenvalue weighted by Gasteiger charge is -2.05. The molecular weight excluding hydrogens is 362 g/mol. The zero-order valence-electron chi connectivity index (χ0n) is 8.99. The highest BCUT2D eigenvalue weighted by atomic mass is 79.9. The van der Waals surface area contributed by atoms with E-state index in [1.807, 2.05) is 24.3 Å². The summed E-state index contributed by atoms with van der Waals surface area (Å²) >= 11 is 8.67. The smallest absolute Gasteiger partial charge is 0.0461 e. The second-order valence-corrected chi connectivity index (χ2v) is 6.42. The fourth-order valence-electron chi connectivity index (χ4n) is 1.41. The van der Waals surface area contributed by atoms with Gasteiger partial charge in [-0.3, -0.25) is 0 Å². The van der Waals surface area contributed by atoms with E-state index in [1.165, 1.54) is 10.5 Å². The van der Waals surface area contributed by atoms with Crippen LogP contribution in [0.2, 0.25) is 0 Å². The van der Waals surface area contributed by atoms with E-state index in [4.69, 9.17) is 5.73 Å². The molecule has 0 spiro atoms. The average molecular weight is 373 g/mol. The normalized spacial score (nSPS) is 10.5. The van der Waals surface area contributed by atoms with Gasteiger partial charge in [-0.05, 0) is 51.8 Å². The molecule has 0 unspecified atom stereocenters. The highest BCUT2D eigenvalue weighted by molar-refractivity contribution is 9.10. The van der Waals surface area contributed by atoms with Gasteiger partial charge in [0.15, 0.2) is 0 Å². The molecule has 0 saturated heterocycles. The third-order valence-corrected chi connectivity index (χ3v) is 4.54. The maximum atomic E-state index is 5.85. The van der Waals surface area contributed by atoms with Crippen LogP contribution in [0.4, 0.5) is 5.69 Å². The van der Waals surface area contributed by atoms with Gasteiger partial charge >= 0.3 is 0 Å². The van der Waals surface area contributed by atoms with E-state index in [0.29, 0.717) is 0 Å². The fourth-order valence-corrected chi connectivity index (χ4v) is 3.10. The van der Waals surface area contributed by atoms with Crippen molar-refractivity contribution in [1.29, 1.82) is 0 Å². The lowest BCUT2D eigenvalue weighted by molar-refractivity contribution is 1.37. The molecule has 0 aliphatic rings. The van der Waals surface area contributed by atoms with Crippen LogP contribution in [0.1, 0.15) is 5.56 Å². The average Bonchev–Trinajstić information content (AvgIpc) is 2.31. The van der Waals surface area contributed by atoms with E-state index < -0.39 is 0 Å². The van der Waals surface area contributed by atoms with Crippen LogP contribution in [0.5, 0.6) is 0 Å². The number of hydrogen-bond acceptors (Lipinski definition) is 2. The third-order valence-electron chi connectivity index (χ3n) is 2.26. The van der Waals surface area contributed by atoms with Gasteiger partial charge in [0.05, 0.1) is 0 Å². The van der Waals surface area contributed by atoms with E-state index in [2.05, 4.69) is 50.1 Å². The van der Waals surface area contributed by atoms with Crippen molar-refractivity contribution in [3.05, 3.63) is 57.0 Å². The van der Waals surface area contributed by atoms with Crippen molar-refractivity contribution in [3.8, 4) is 0 Å². The SMILES string of the molecule is Nc1cc(CSc2cccc(Br)c2)ccc1Br. The van der Waals surface area contributed by atoms with Gasteiger partial charge in [0.25, 0.3) is 0 Å². The Balaban J connectivity index is 2.05. The summed E-state index contributed by atoms with van der Waals surface area (Å²) in [6, 6.07) is 14.4. The first-order valence-electron chi connectivity index (χ1n) is 5.07. The van der Waals surface area contributed by atoms with Crippen molar-refractivity contribution in [2.24, 2.45) is 0 Å². The van der Waals surface area contributed by atoms with Gasteiger partial charge in [-0.1, -0.05) is 28.1 Å². The van der Waals surface area contributed by atoms with Gasteiger partial charge in [0.1, 0.15) is 0 Å². The van der Waals surface area contributed by atoms with Crippen LogP contribution in [-0.4, -0.2) is 0 Å². The van der Waals surface area contributed by atoms with Crippen molar-refractivity contribution in [1.82, 2.24) is 0 Å². The Morgan fingerprint density at radius 2 is 1.88 bits per heavy atom. The van der Waals surface area contributed by atoms with E-state index >= 15 is 0 Å². The number of thioether (sulfide) groups is 1. The minimum Gasteiger partial charge on any atom is -0.398 e. The lowest BCUT2D eigenvalue weighted by Crippen LogP contribution is -1.89. The topological polar surface area (TPSA) is 26.0 Å². The second kappa shape index (κ2) is 5.94. The molecule has 0 aliphatic carbocycles. The fraction of sp³-hybridized carbons (Fsp3) is 0.0769. The Bertz CT molecular complexity index is 529. The molecule has 88 valence electrons. The first kappa shape index (κ1) is 13.0. The molecule has 0 aliphatic heterocycles. The van der Waals surface area contributed by atoms with Crippen molar-refractivity contribution >= 4 is 49.3 Å². The summed E-state index contributed by atoms with van der Waals surface area (Å²) in [7, 11) is 0. The molecule has 2 rings (SSSR count). The monoisotopic (exact) mass is 371 g/mol. The molecule has 0 atom stereocenters. The highest BCUT2D eigenvalue weighted by Crippen LogP contribution is 2.27. The van der Waals surface area contributed by atoms with Crippen LogP contribution in [0.3, 0.4) is 0 Å². The largest absolute Gasteiger partial charge is 0.398 e. The molecule has 0 heterocycles. The minimum atomic E-state index is 0.789. The summed E-state index contributed by atoms with van der Waals surface area (Å²) in [4.78, 5) is 1.25. The van der Waals surface area contributed by atoms with Gasteiger partial charge in [-0.25, -0.2) is 0 Å². The summed E-state index contributed by atoms with van der Waals surface area (Å²) < 4.78 is 2.06. The maximum Gasteiger partial charge on any atom is 0.0461 e. The van der Waals surface area contributed by atoms with Gasteiger partial charge < -0.3 is 5.73 Å². The number of rotatable bonds is 3. The van der Waals surface area contributed by atoms with Crippen LogP contribution >= 0.6 is 43.6 Å². The van der Waals surface area contributed by atoms with Crippen LogP contribution < -0.4 is 5.73 Å². The summed E-state index contributed by atoms with van der Waals surface area (Å²) in [5, 5.41) is 0. The maximum absolute atomic E-state index is 5.85. The standard InChI is InChI=1S/C13H11Br2NS/c14-10-2-1-3-11(7-10)17-8-9-4-5-12(15)13(16)6-9/h1-7H,8,16H2. The van der Waals surface area contributed by atoms with Crippen LogP contribution in [-0.2, 0) is 5.75 Å². The van der Waals surface area contributed by atoms with Gasteiger partial charge in [-0.2, -0.15) is 0 Å². The Morgan fingerprint density at radius 1 is 1.06 bits per heavy atom. The Morgan fingerprint density at radius 3 is 2.59 bits per heavy atom. The van der Waals surface area contributed by atoms with E-state index in [-0.39, 0.29) is 0 Å². The Hall–Kier alpha value is -0.450. The first-order valence-corrected chi connectivity index (χ1v) is 7.64. The molecule has 0 fully saturated rings. The van der Waals surface area contributed by atoms with Crippen LogP contribution in [0, 0.1) is 0 Å². The summed E-state index contributed by atoms with van der Waals surface area (Å²) in [6.07, 6.45) is 0. The number of benzene rings is 2. The molecule has 0 saturated carbocycles. The van der Waals surface area contributed by atoms with Crippen molar-refractivity contribution < 1.29 is 0 Å². The molecule has 4 heteroatoms. The molecule has 2 aromatic carbocycles. The molecule has 0 amide bonds. The highest BCUT2D eigenvalue weighted by Gasteiger charge is 2.00. The minimum absolute atomic E-state index is 0.789. The molecule has 17 heavy (non-hydrogen) atoms. The predicted molar refractivity (Wildman–Crippen MR) is 82.3 cm³/mol. The molecule has 1 nitrogen and oxygen atoms in total. The zero-order valence-corrected chi connectivity index (χ0v) is 13.0. The molecule has 2 aromatic rings. The van der Waals surface area contributed by atoms with Crippen molar-refractivity contribution in [2.75, 3.05) is 5.73 Å². The number of nitrogens with two attached hydrogens (primary N) is 1. The Labute approximate surface area is 122 Å². The number of halogens is 2. The Kier molecular flexibility index (Phi) is 4.54. The first-order chi connectivity index (χ1) is 8.15. The van der Waals surface area contributed by atoms with Gasteiger partial charge in [0.2, 0.25) is 0 Å². The van der Waals surface area contributed by atoms with Crippen molar-refractivity contribution in [3.63, 3.8) is 0 Å². The second-order valence-electron chi connectivity index (χ2n) is 3.60. The summed E-state index contributed by atoms with van der Waals surface area (Å²) in [5.74, 6) is 0.925. The van der Waals surface area contributed by atoms with Crippen LogP contribution in [0.25, 0.3) is 0 Å². The van der Waals surface area contributed by atoms with Crippen molar-refractivity contribution in [2.45, 2.75) is 10.6 Å². The summed E-state index contributed by atoms with van der Waals surface area (Å²) in [5.41, 5.74) is 7.87. The number of anilines is 1. The molecular formula is C13H11Br2NS. The summed E-state index contributed by atoms with van der Waals surface area (Å²) in [6.45, 7) is 0. The van der Waals surface area contributed by atoms with Gasteiger partial charge in [-0.15, -0.1) is 11.8 Å². The van der Waals surface area contributed by atoms with Gasteiger partial charge in [0, 0.05) is 25.3 Å². The van der Waals surface area contributed by atoms with E-state index in [0.717, 1.165) is 20.4 Å². The molecule has 0 radical (unpaired) electrons. The molecule has 0 aromatic heterocycles. The third kappa shape index (κ3) is 3.76. The molecule has 0 bridgehead atoms. The van der Waals surface area contributed by atoms with Crippen LogP contribution in [0.15, 0.2) is 56.3 Å². The van der Waals surface area contributed by atoms with E-state index in [9.17, 15) is 0 Å². The number of hydrogen-bond donors (Lipinski definition) is 1. The van der Waals surface area contributed by atoms with E-state index in [1.54, 1.807) is 11.8 Å².